The molecule has 2 aromatic carbocycles. The highest BCUT2D eigenvalue weighted by Gasteiger charge is 2.16. The minimum Gasteiger partial charge on any atom is -0.452 e. The van der Waals surface area contributed by atoms with Gasteiger partial charge in [0.15, 0.2) is 6.61 Å². The fourth-order valence-corrected chi connectivity index (χ4v) is 3.31. The van der Waals surface area contributed by atoms with E-state index in [1.165, 1.54) is 12.1 Å². The second kappa shape index (κ2) is 8.38. The third-order valence-corrected chi connectivity index (χ3v) is 5.20. The summed E-state index contributed by atoms with van der Waals surface area (Å²) in [6.45, 7) is 1.27. The van der Waals surface area contributed by atoms with Crippen molar-refractivity contribution in [2.24, 2.45) is 5.14 Å². The van der Waals surface area contributed by atoms with Gasteiger partial charge >= 0.3 is 5.97 Å². The number of benzene rings is 2. The molecule has 0 saturated heterocycles. The Morgan fingerprint density at radius 3 is 2.48 bits per heavy atom. The molecule has 0 aliphatic rings. The summed E-state index contributed by atoms with van der Waals surface area (Å²) in [5.41, 5.74) is 1.46. The van der Waals surface area contributed by atoms with Crippen molar-refractivity contribution in [2.45, 2.75) is 17.9 Å². The second-order valence-electron chi connectivity index (χ2n) is 6.36. The van der Waals surface area contributed by atoms with Gasteiger partial charge in [-0.15, -0.1) is 0 Å². The van der Waals surface area contributed by atoms with Crippen molar-refractivity contribution in [2.75, 3.05) is 6.61 Å². The number of nitrogens with zero attached hydrogens (tertiary/aromatic N) is 1. The van der Waals surface area contributed by atoms with Crippen molar-refractivity contribution in [1.82, 2.24) is 10.3 Å². The van der Waals surface area contributed by atoms with Crippen LogP contribution in [0.4, 0.5) is 0 Å². The quantitative estimate of drug-likeness (QED) is 0.594. The maximum absolute atomic E-state index is 12.3. The number of carbonyl (C=O) groups excluding carboxylic acids is 2. The summed E-state index contributed by atoms with van der Waals surface area (Å²) in [5.74, 6) is -1.14. The van der Waals surface area contributed by atoms with E-state index in [9.17, 15) is 18.0 Å². The highest BCUT2D eigenvalue weighted by Crippen LogP contribution is 2.17. The van der Waals surface area contributed by atoms with Gasteiger partial charge in [-0.05, 0) is 36.8 Å². The molecule has 3 aromatic rings. The summed E-state index contributed by atoms with van der Waals surface area (Å²) in [7, 11) is -3.78. The van der Waals surface area contributed by atoms with Crippen LogP contribution in [0.2, 0.25) is 0 Å². The van der Waals surface area contributed by atoms with Crippen molar-refractivity contribution in [3.8, 4) is 0 Å². The average Bonchev–Trinajstić information content (AvgIpc) is 2.71. The van der Waals surface area contributed by atoms with E-state index in [0.29, 0.717) is 11.1 Å². The number of sulfonamides is 1. The SMILES string of the molecule is C[C@H](NC(=O)COC(=O)c1cccc2cccnc12)c1ccc(S(N)(=O)=O)cc1. The van der Waals surface area contributed by atoms with Gasteiger partial charge in [0.05, 0.1) is 22.0 Å². The zero-order valence-electron chi connectivity index (χ0n) is 15.5. The van der Waals surface area contributed by atoms with Crippen molar-refractivity contribution in [1.29, 1.82) is 0 Å². The first-order chi connectivity index (χ1) is 13.8. The molecule has 150 valence electrons. The number of carbonyl (C=O) groups is 2. The third kappa shape index (κ3) is 4.95. The monoisotopic (exact) mass is 413 g/mol. The molecule has 1 atom stereocenters. The summed E-state index contributed by atoms with van der Waals surface area (Å²) in [4.78, 5) is 28.6. The van der Waals surface area contributed by atoms with Crippen molar-refractivity contribution >= 4 is 32.8 Å². The lowest BCUT2D eigenvalue weighted by Crippen LogP contribution is -2.31. The molecule has 0 saturated carbocycles. The second-order valence-corrected chi connectivity index (χ2v) is 7.92. The molecule has 1 amide bonds. The predicted molar refractivity (Wildman–Crippen MR) is 106 cm³/mol. The Morgan fingerprint density at radius 2 is 1.79 bits per heavy atom. The number of nitrogens with one attached hydrogen (secondary N) is 1. The lowest BCUT2D eigenvalue weighted by Gasteiger charge is -2.15. The van der Waals surface area contributed by atoms with Gasteiger partial charge in [-0.2, -0.15) is 0 Å². The average molecular weight is 413 g/mol. The van der Waals surface area contributed by atoms with Crippen LogP contribution in [0.3, 0.4) is 0 Å². The number of pyridine rings is 1. The van der Waals surface area contributed by atoms with Gasteiger partial charge in [0.1, 0.15) is 0 Å². The first-order valence-electron chi connectivity index (χ1n) is 8.68. The number of ether oxygens (including phenoxy) is 1. The standard InChI is InChI=1S/C20H19N3O5S/c1-13(14-7-9-16(10-8-14)29(21,26)27)23-18(24)12-28-20(25)17-6-2-4-15-5-3-11-22-19(15)17/h2-11,13H,12H2,1H3,(H,23,24)(H2,21,26,27)/t13-/m0/s1. The number of primary sulfonamides is 1. The number of fused-ring (bicyclic) bond motifs is 1. The molecule has 1 aromatic heterocycles. The molecule has 0 fully saturated rings. The number of rotatable bonds is 6. The van der Waals surface area contributed by atoms with Crippen LogP contribution in [0.15, 0.2) is 65.7 Å². The zero-order chi connectivity index (χ0) is 21.0. The van der Waals surface area contributed by atoms with Gasteiger partial charge < -0.3 is 10.1 Å². The number of amides is 1. The van der Waals surface area contributed by atoms with E-state index in [1.54, 1.807) is 43.5 Å². The van der Waals surface area contributed by atoms with Gasteiger partial charge in [-0.3, -0.25) is 9.78 Å². The highest BCUT2D eigenvalue weighted by atomic mass is 32.2. The number of para-hydroxylation sites is 1. The van der Waals surface area contributed by atoms with E-state index < -0.39 is 34.5 Å². The van der Waals surface area contributed by atoms with Crippen LogP contribution in [-0.2, 0) is 19.6 Å². The molecule has 1 heterocycles. The molecule has 0 radical (unpaired) electrons. The molecule has 8 nitrogen and oxygen atoms in total. The summed E-state index contributed by atoms with van der Waals surface area (Å²) in [6, 6.07) is 14.1. The Labute approximate surface area is 167 Å². The van der Waals surface area contributed by atoms with E-state index >= 15 is 0 Å². The molecule has 0 aliphatic heterocycles. The zero-order valence-corrected chi connectivity index (χ0v) is 16.3. The summed E-state index contributed by atoms with van der Waals surface area (Å²) in [6.07, 6.45) is 1.58. The molecule has 3 rings (SSSR count). The topological polar surface area (TPSA) is 128 Å². The van der Waals surface area contributed by atoms with Gasteiger partial charge in [0.25, 0.3) is 5.91 Å². The molecule has 3 N–H and O–H groups in total. The van der Waals surface area contributed by atoms with Crippen LogP contribution >= 0.6 is 0 Å². The summed E-state index contributed by atoms with van der Waals surface area (Å²) in [5, 5.41) is 8.54. The molecule has 0 bridgehead atoms. The maximum Gasteiger partial charge on any atom is 0.340 e. The summed E-state index contributed by atoms with van der Waals surface area (Å²) < 4.78 is 27.7. The van der Waals surface area contributed by atoms with E-state index in [4.69, 9.17) is 9.88 Å². The number of nitrogens with two attached hydrogens (primary N) is 1. The number of esters is 1. The third-order valence-electron chi connectivity index (χ3n) is 4.27. The molecule has 9 heteroatoms. The van der Waals surface area contributed by atoms with Crippen molar-refractivity contribution < 1.29 is 22.7 Å². The number of aromatic nitrogens is 1. The Kier molecular flexibility index (Phi) is 5.90. The normalized spacial score (nSPS) is 12.3. The van der Waals surface area contributed by atoms with Gasteiger partial charge in [-0.25, -0.2) is 18.4 Å². The van der Waals surface area contributed by atoms with Crippen LogP contribution < -0.4 is 10.5 Å². The molecule has 0 unspecified atom stereocenters. The molecule has 0 spiro atoms. The summed E-state index contributed by atoms with van der Waals surface area (Å²) >= 11 is 0. The van der Waals surface area contributed by atoms with Crippen LogP contribution in [0.5, 0.6) is 0 Å². The molecule has 29 heavy (non-hydrogen) atoms. The molecular formula is C20H19N3O5S. The number of hydrogen-bond acceptors (Lipinski definition) is 6. The minimum absolute atomic E-state index is 0.0163. The first kappa shape index (κ1) is 20.4. The van der Waals surface area contributed by atoms with E-state index in [2.05, 4.69) is 10.3 Å². The number of hydrogen-bond donors (Lipinski definition) is 2. The van der Waals surface area contributed by atoms with Crippen molar-refractivity contribution in [3.05, 3.63) is 71.9 Å². The van der Waals surface area contributed by atoms with E-state index in [0.717, 1.165) is 5.39 Å². The maximum atomic E-state index is 12.3. The largest absolute Gasteiger partial charge is 0.452 e. The first-order valence-corrected chi connectivity index (χ1v) is 10.2. The van der Waals surface area contributed by atoms with Crippen molar-refractivity contribution in [3.63, 3.8) is 0 Å². The fourth-order valence-electron chi connectivity index (χ4n) is 2.79. The Hall–Kier alpha value is -3.30. The lowest BCUT2D eigenvalue weighted by atomic mass is 10.1. The van der Waals surface area contributed by atoms with Crippen LogP contribution in [0.25, 0.3) is 10.9 Å². The molecular weight excluding hydrogens is 394 g/mol. The Bertz CT molecular complexity index is 1150. The van der Waals surface area contributed by atoms with E-state index in [1.807, 2.05) is 12.1 Å². The van der Waals surface area contributed by atoms with Crippen LogP contribution in [-0.4, -0.2) is 31.9 Å². The Balaban J connectivity index is 1.60. The van der Waals surface area contributed by atoms with Gasteiger partial charge in [0, 0.05) is 11.6 Å². The van der Waals surface area contributed by atoms with Gasteiger partial charge in [0.2, 0.25) is 10.0 Å². The smallest absolute Gasteiger partial charge is 0.340 e. The fraction of sp³-hybridized carbons (Fsp3) is 0.150. The van der Waals surface area contributed by atoms with E-state index in [-0.39, 0.29) is 10.5 Å². The van der Waals surface area contributed by atoms with Crippen LogP contribution in [0.1, 0.15) is 28.9 Å². The molecule has 0 aliphatic carbocycles. The van der Waals surface area contributed by atoms with Gasteiger partial charge in [-0.1, -0.05) is 30.3 Å². The van der Waals surface area contributed by atoms with Crippen LogP contribution in [0, 0.1) is 0 Å². The highest BCUT2D eigenvalue weighted by molar-refractivity contribution is 7.89. The minimum atomic E-state index is -3.78. The lowest BCUT2D eigenvalue weighted by molar-refractivity contribution is -0.124. The Morgan fingerprint density at radius 1 is 1.10 bits per heavy atom. The predicted octanol–water partition coefficient (Wildman–Crippen LogP) is 1.92.